The number of nitrogens with zero attached hydrogens (tertiary/aromatic N) is 1. The molecule has 40 heavy (non-hydrogen) atoms. The molecule has 0 bridgehead atoms. The van der Waals surface area contributed by atoms with Crippen LogP contribution in [0.4, 0.5) is 11.4 Å². The van der Waals surface area contributed by atoms with Gasteiger partial charge in [0.05, 0.1) is 16.5 Å². The molecule has 7 nitrogen and oxygen atoms in total. The summed E-state index contributed by atoms with van der Waals surface area (Å²) < 4.78 is 5.28. The third-order valence-corrected chi connectivity index (χ3v) is 8.27. The van der Waals surface area contributed by atoms with Crippen molar-refractivity contribution in [1.82, 2.24) is 0 Å². The molecule has 2 aliphatic rings. The number of hydrogen-bond donors (Lipinski definition) is 1. The molecule has 6 rings (SSSR count). The Morgan fingerprint density at radius 2 is 1.55 bits per heavy atom. The fourth-order valence-electron chi connectivity index (χ4n) is 5.04. The lowest BCUT2D eigenvalue weighted by Gasteiger charge is -2.15. The average molecular weight is 549 g/mol. The van der Waals surface area contributed by atoms with Crippen molar-refractivity contribution < 1.29 is 23.9 Å². The molecule has 8 heteroatoms. The van der Waals surface area contributed by atoms with Crippen LogP contribution in [0.5, 0.6) is 0 Å². The van der Waals surface area contributed by atoms with Gasteiger partial charge < -0.3 is 10.5 Å². The van der Waals surface area contributed by atoms with Crippen molar-refractivity contribution >= 4 is 46.7 Å². The lowest BCUT2D eigenvalue weighted by Crippen LogP contribution is -2.31. The smallest absolute Gasteiger partial charge is 0.338 e. The molecule has 1 heterocycles. The summed E-state index contributed by atoms with van der Waals surface area (Å²) in [6.45, 7) is -0.389. The minimum absolute atomic E-state index is 0.0779. The summed E-state index contributed by atoms with van der Waals surface area (Å²) in [4.78, 5) is 53.0. The zero-order valence-corrected chi connectivity index (χ0v) is 22.1. The van der Waals surface area contributed by atoms with Gasteiger partial charge in [-0.1, -0.05) is 36.4 Å². The number of thioether (sulfide) groups is 1. The molecule has 2 N–H and O–H groups in total. The van der Waals surface area contributed by atoms with Gasteiger partial charge in [0.2, 0.25) is 11.8 Å². The Balaban J connectivity index is 1.07. The second kappa shape index (κ2) is 10.5. The molecule has 1 atom stereocenters. The first-order chi connectivity index (χ1) is 19.4. The Kier molecular flexibility index (Phi) is 6.69. The first-order valence-corrected chi connectivity index (χ1v) is 13.7. The number of hydrogen-bond acceptors (Lipinski definition) is 7. The van der Waals surface area contributed by atoms with Crippen LogP contribution in [0.2, 0.25) is 0 Å². The van der Waals surface area contributed by atoms with Crippen molar-refractivity contribution in [3.05, 3.63) is 113 Å². The van der Waals surface area contributed by atoms with Gasteiger partial charge in [-0.05, 0) is 83.3 Å². The maximum absolute atomic E-state index is 13.0. The van der Waals surface area contributed by atoms with E-state index in [1.165, 1.54) is 47.2 Å². The van der Waals surface area contributed by atoms with Crippen molar-refractivity contribution in [2.24, 2.45) is 0 Å². The first-order valence-electron chi connectivity index (χ1n) is 12.8. The number of amides is 2. The second-order valence-corrected chi connectivity index (χ2v) is 11.0. The van der Waals surface area contributed by atoms with Gasteiger partial charge >= 0.3 is 5.97 Å². The molecule has 0 saturated carbocycles. The molecule has 0 radical (unpaired) electrons. The molecule has 198 valence electrons. The summed E-state index contributed by atoms with van der Waals surface area (Å²) in [5.74, 6) is -1.58. The van der Waals surface area contributed by atoms with Crippen LogP contribution in [-0.2, 0) is 20.7 Å². The number of nitrogens with two attached hydrogens (primary N) is 1. The minimum Gasteiger partial charge on any atom is -0.454 e. The van der Waals surface area contributed by atoms with E-state index in [0.29, 0.717) is 16.9 Å². The Bertz CT molecular complexity index is 1660. The second-order valence-electron chi connectivity index (χ2n) is 9.70. The quantitative estimate of drug-likeness (QED) is 0.127. The zero-order chi connectivity index (χ0) is 27.8. The van der Waals surface area contributed by atoms with Gasteiger partial charge in [-0.15, -0.1) is 11.8 Å². The van der Waals surface area contributed by atoms with E-state index in [0.717, 1.165) is 27.3 Å². The van der Waals surface area contributed by atoms with Gasteiger partial charge in [0.1, 0.15) is 0 Å². The number of esters is 1. The van der Waals surface area contributed by atoms with Crippen LogP contribution in [0.15, 0.2) is 95.9 Å². The third-order valence-electron chi connectivity index (χ3n) is 7.07. The van der Waals surface area contributed by atoms with E-state index in [2.05, 4.69) is 12.1 Å². The van der Waals surface area contributed by atoms with E-state index in [-0.39, 0.29) is 36.2 Å². The maximum atomic E-state index is 13.0. The van der Waals surface area contributed by atoms with E-state index in [4.69, 9.17) is 10.5 Å². The van der Waals surface area contributed by atoms with E-state index in [9.17, 15) is 19.2 Å². The average Bonchev–Trinajstić information content (AvgIpc) is 3.48. The number of nitrogen functional groups attached to an aromatic ring is 1. The maximum Gasteiger partial charge on any atom is 0.338 e. The van der Waals surface area contributed by atoms with E-state index in [1.807, 2.05) is 36.4 Å². The SMILES string of the molecule is Nc1ccc(SC2CC(=O)N(c3ccc(C(=O)OCC(=O)c4ccc5c(c4)Cc4ccccc4-5)cc3)C2=O)cc1. The fourth-order valence-corrected chi connectivity index (χ4v) is 6.09. The number of ketones is 1. The molecular weight excluding hydrogens is 524 g/mol. The topological polar surface area (TPSA) is 107 Å². The normalized spacial score (nSPS) is 15.6. The summed E-state index contributed by atoms with van der Waals surface area (Å²) in [5, 5.41) is -0.542. The number of carbonyl (C=O) groups is 4. The highest BCUT2D eigenvalue weighted by atomic mass is 32.2. The largest absolute Gasteiger partial charge is 0.454 e. The molecule has 1 saturated heterocycles. The number of benzene rings is 4. The third kappa shape index (κ3) is 4.89. The Morgan fingerprint density at radius 3 is 2.33 bits per heavy atom. The van der Waals surface area contributed by atoms with Crippen LogP contribution in [0.1, 0.15) is 38.3 Å². The van der Waals surface area contributed by atoms with Gasteiger partial charge in [-0.2, -0.15) is 0 Å². The number of anilines is 2. The predicted octanol–water partition coefficient (Wildman–Crippen LogP) is 5.30. The molecule has 0 spiro atoms. The van der Waals surface area contributed by atoms with Crippen molar-refractivity contribution in [2.45, 2.75) is 23.0 Å². The highest BCUT2D eigenvalue weighted by Gasteiger charge is 2.40. The van der Waals surface area contributed by atoms with Crippen molar-refractivity contribution in [1.29, 1.82) is 0 Å². The lowest BCUT2D eigenvalue weighted by molar-refractivity contribution is -0.121. The van der Waals surface area contributed by atoms with Gasteiger partial charge in [0, 0.05) is 22.6 Å². The molecule has 4 aromatic carbocycles. The molecule has 4 aromatic rings. The number of carbonyl (C=O) groups excluding carboxylic acids is 4. The monoisotopic (exact) mass is 548 g/mol. The van der Waals surface area contributed by atoms with E-state index < -0.39 is 11.2 Å². The van der Waals surface area contributed by atoms with Crippen molar-refractivity contribution in [2.75, 3.05) is 17.2 Å². The van der Waals surface area contributed by atoms with Crippen LogP contribution >= 0.6 is 11.8 Å². The molecule has 2 amide bonds. The van der Waals surface area contributed by atoms with Crippen LogP contribution in [-0.4, -0.2) is 35.4 Å². The number of Topliss-reactive ketones (excluding diaryl/α,β-unsaturated/α-hetero) is 1. The van der Waals surface area contributed by atoms with E-state index >= 15 is 0 Å². The van der Waals surface area contributed by atoms with Crippen LogP contribution in [0, 0.1) is 0 Å². The lowest BCUT2D eigenvalue weighted by atomic mass is 10.0. The molecule has 1 unspecified atom stereocenters. The number of imide groups is 1. The molecule has 0 aromatic heterocycles. The molecule has 1 aliphatic heterocycles. The molecule has 1 aliphatic carbocycles. The highest BCUT2D eigenvalue weighted by molar-refractivity contribution is 8.00. The number of fused-ring (bicyclic) bond motifs is 3. The van der Waals surface area contributed by atoms with Gasteiger partial charge in [-0.25, -0.2) is 9.69 Å². The minimum atomic E-state index is -0.663. The van der Waals surface area contributed by atoms with Gasteiger partial charge in [0.25, 0.3) is 0 Å². The summed E-state index contributed by atoms with van der Waals surface area (Å²) in [5.41, 5.74) is 12.0. The predicted molar refractivity (Wildman–Crippen MR) is 153 cm³/mol. The van der Waals surface area contributed by atoms with Crippen molar-refractivity contribution in [3.63, 3.8) is 0 Å². The van der Waals surface area contributed by atoms with Gasteiger partial charge in [0.15, 0.2) is 12.4 Å². The summed E-state index contributed by atoms with van der Waals surface area (Å²) in [7, 11) is 0. The number of ether oxygens (including phenoxy) is 1. The summed E-state index contributed by atoms with van der Waals surface area (Å²) in [6, 6.07) is 26.9. The molecule has 1 fully saturated rings. The van der Waals surface area contributed by atoms with Crippen LogP contribution in [0.3, 0.4) is 0 Å². The van der Waals surface area contributed by atoms with Crippen molar-refractivity contribution in [3.8, 4) is 11.1 Å². The van der Waals surface area contributed by atoms with E-state index in [1.54, 1.807) is 18.2 Å². The van der Waals surface area contributed by atoms with Crippen LogP contribution in [0.25, 0.3) is 11.1 Å². The van der Waals surface area contributed by atoms with Gasteiger partial charge in [-0.3, -0.25) is 14.4 Å². The fraction of sp³-hybridized carbons (Fsp3) is 0.125. The Labute approximate surface area is 234 Å². The Morgan fingerprint density at radius 1 is 0.850 bits per heavy atom. The summed E-state index contributed by atoms with van der Waals surface area (Å²) >= 11 is 1.32. The standard InChI is InChI=1S/C32H24N2O5S/c33-23-8-12-25(13-9-23)40-29-17-30(36)34(31(29)37)24-10-5-19(6-11-24)32(38)39-18-28(35)21-7-14-27-22(16-21)15-20-3-1-2-4-26(20)27/h1-14,16,29H,15,17-18,33H2. The zero-order valence-electron chi connectivity index (χ0n) is 21.3. The first kappa shape index (κ1) is 25.6. The van der Waals surface area contributed by atoms with Crippen LogP contribution < -0.4 is 10.6 Å². The number of rotatable bonds is 7. The molecular formula is C32H24N2O5S. The highest BCUT2D eigenvalue weighted by Crippen LogP contribution is 2.37. The summed E-state index contributed by atoms with van der Waals surface area (Å²) in [6.07, 6.45) is 0.843. The Hall–Kier alpha value is -4.69.